The van der Waals surface area contributed by atoms with Crippen LogP contribution >= 0.6 is 0 Å². The third-order valence-corrected chi connectivity index (χ3v) is 3.59. The van der Waals surface area contributed by atoms with Gasteiger partial charge in [0, 0.05) is 5.41 Å². The van der Waals surface area contributed by atoms with Crippen molar-refractivity contribution in [3.63, 3.8) is 0 Å². The van der Waals surface area contributed by atoms with Gasteiger partial charge in [-0.15, -0.1) is 0 Å². The van der Waals surface area contributed by atoms with Crippen LogP contribution in [0.25, 0.3) is 0 Å². The van der Waals surface area contributed by atoms with Crippen molar-refractivity contribution in [3.8, 4) is 0 Å². The zero-order valence-electron chi connectivity index (χ0n) is 9.34. The summed E-state index contributed by atoms with van der Waals surface area (Å²) in [7, 11) is 0. The average molecular weight is 188 g/mol. The van der Waals surface area contributed by atoms with Gasteiger partial charge in [0.25, 0.3) is 0 Å². The Labute approximate surface area is 87.4 Å². The van der Waals surface area contributed by atoms with E-state index in [-0.39, 0.29) is 0 Å². The molecule has 0 aromatic rings. The Kier molecular flexibility index (Phi) is 2.62. The summed E-state index contributed by atoms with van der Waals surface area (Å²) in [6, 6.07) is 0. The Morgan fingerprint density at radius 2 is 1.93 bits per heavy atom. The number of rotatable bonds is 1. The van der Waals surface area contributed by atoms with Gasteiger partial charge >= 0.3 is 0 Å². The van der Waals surface area contributed by atoms with E-state index in [4.69, 9.17) is 0 Å². The fourth-order valence-corrected chi connectivity index (χ4v) is 2.36. The second-order valence-corrected chi connectivity index (χ2v) is 4.79. The third-order valence-electron chi connectivity index (χ3n) is 3.59. The van der Waals surface area contributed by atoms with Crippen LogP contribution in [-0.2, 0) is 0 Å². The van der Waals surface area contributed by atoms with Crippen molar-refractivity contribution in [2.45, 2.75) is 46.0 Å². The Morgan fingerprint density at radius 1 is 1.21 bits per heavy atom. The number of hydrogen-bond acceptors (Lipinski definition) is 0. The summed E-state index contributed by atoms with van der Waals surface area (Å²) in [6.45, 7) is 4.61. The lowest BCUT2D eigenvalue weighted by Crippen LogP contribution is -2.09. The van der Waals surface area contributed by atoms with Crippen LogP contribution in [0, 0.1) is 5.41 Å². The summed E-state index contributed by atoms with van der Waals surface area (Å²) in [5, 5.41) is 0. The highest BCUT2D eigenvalue weighted by atomic mass is 14.3. The Bertz CT molecular complexity index is 304. The van der Waals surface area contributed by atoms with Crippen molar-refractivity contribution in [1.82, 2.24) is 0 Å². The van der Waals surface area contributed by atoms with Gasteiger partial charge in [-0.2, -0.15) is 0 Å². The molecule has 0 saturated heterocycles. The van der Waals surface area contributed by atoms with Crippen molar-refractivity contribution in [1.29, 1.82) is 0 Å². The third kappa shape index (κ3) is 1.84. The van der Waals surface area contributed by atoms with Gasteiger partial charge in [0.2, 0.25) is 0 Å². The van der Waals surface area contributed by atoms with Crippen LogP contribution in [0.3, 0.4) is 0 Å². The summed E-state index contributed by atoms with van der Waals surface area (Å²) in [5.41, 5.74) is 3.50. The smallest absolute Gasteiger partial charge is 0.00391 e. The molecule has 2 rings (SSSR count). The van der Waals surface area contributed by atoms with Gasteiger partial charge in [0.05, 0.1) is 0 Å². The quantitative estimate of drug-likeness (QED) is 0.572. The van der Waals surface area contributed by atoms with E-state index in [1.165, 1.54) is 32.1 Å². The van der Waals surface area contributed by atoms with Crippen LogP contribution in [0.15, 0.2) is 35.5 Å². The molecule has 2 aliphatic rings. The van der Waals surface area contributed by atoms with E-state index in [2.05, 4.69) is 38.2 Å². The molecule has 0 amide bonds. The molecule has 0 bridgehead atoms. The predicted octanol–water partition coefficient (Wildman–Crippen LogP) is 4.40. The van der Waals surface area contributed by atoms with Crippen LogP contribution in [0.5, 0.6) is 0 Å². The van der Waals surface area contributed by atoms with Gasteiger partial charge in [0.15, 0.2) is 0 Å². The highest BCUT2D eigenvalue weighted by molar-refractivity contribution is 5.40. The van der Waals surface area contributed by atoms with Crippen LogP contribution in [-0.4, -0.2) is 0 Å². The van der Waals surface area contributed by atoms with Crippen LogP contribution in [0.4, 0.5) is 0 Å². The standard InChI is InChI=1S/C14H20/c1-3-14(2)10-6-9-12-7-4-5-8-13(12)11-14/h6,9-11H,3-5,7-8H2,1-2H3. The minimum Gasteiger partial charge on any atom is -0.0748 e. The number of fused-ring (bicyclic) bond motifs is 1. The molecule has 1 fully saturated rings. The summed E-state index contributed by atoms with van der Waals surface area (Å²) < 4.78 is 0. The molecule has 1 atom stereocenters. The maximum atomic E-state index is 2.50. The van der Waals surface area contributed by atoms with Crippen LogP contribution in [0.2, 0.25) is 0 Å². The lowest BCUT2D eigenvalue weighted by Gasteiger charge is -2.23. The van der Waals surface area contributed by atoms with E-state index >= 15 is 0 Å². The summed E-state index contributed by atoms with van der Waals surface area (Å²) >= 11 is 0. The molecule has 0 N–H and O–H groups in total. The Balaban J connectivity index is 2.33. The molecular formula is C14H20. The van der Waals surface area contributed by atoms with Gasteiger partial charge < -0.3 is 0 Å². The van der Waals surface area contributed by atoms with Gasteiger partial charge in [0.1, 0.15) is 0 Å². The summed E-state index contributed by atoms with van der Waals surface area (Å²) in [5.74, 6) is 0. The molecule has 0 spiro atoms. The topological polar surface area (TPSA) is 0 Å². The first-order valence-corrected chi connectivity index (χ1v) is 5.84. The van der Waals surface area contributed by atoms with E-state index in [9.17, 15) is 0 Å². The van der Waals surface area contributed by atoms with Crippen LogP contribution < -0.4 is 0 Å². The van der Waals surface area contributed by atoms with Gasteiger partial charge in [-0.25, -0.2) is 0 Å². The van der Waals surface area contributed by atoms with E-state index in [0.29, 0.717) is 5.41 Å². The lowest BCUT2D eigenvalue weighted by atomic mass is 9.82. The molecular weight excluding hydrogens is 168 g/mol. The molecule has 0 heterocycles. The summed E-state index contributed by atoms with van der Waals surface area (Å²) in [4.78, 5) is 0. The molecule has 0 aromatic carbocycles. The molecule has 0 aliphatic heterocycles. The molecule has 1 unspecified atom stereocenters. The maximum Gasteiger partial charge on any atom is 0.00391 e. The Morgan fingerprint density at radius 3 is 2.64 bits per heavy atom. The van der Waals surface area contributed by atoms with Crippen LogP contribution in [0.1, 0.15) is 46.0 Å². The fourth-order valence-electron chi connectivity index (χ4n) is 2.36. The van der Waals surface area contributed by atoms with E-state index < -0.39 is 0 Å². The molecule has 0 aromatic heterocycles. The van der Waals surface area contributed by atoms with E-state index in [0.717, 1.165) is 0 Å². The minimum atomic E-state index is 0.297. The highest BCUT2D eigenvalue weighted by Gasteiger charge is 2.21. The van der Waals surface area contributed by atoms with Crippen molar-refractivity contribution >= 4 is 0 Å². The molecule has 0 radical (unpaired) electrons. The zero-order valence-corrected chi connectivity index (χ0v) is 9.34. The molecule has 2 aliphatic carbocycles. The second-order valence-electron chi connectivity index (χ2n) is 4.79. The van der Waals surface area contributed by atoms with Crippen molar-refractivity contribution < 1.29 is 0 Å². The maximum absolute atomic E-state index is 2.50. The monoisotopic (exact) mass is 188 g/mol. The summed E-state index contributed by atoms with van der Waals surface area (Å²) in [6.07, 6.45) is 16.0. The average Bonchev–Trinajstić information content (AvgIpc) is 2.37. The largest absolute Gasteiger partial charge is 0.0748 e. The first kappa shape index (κ1) is 9.76. The molecule has 1 saturated carbocycles. The predicted molar refractivity (Wildman–Crippen MR) is 62.2 cm³/mol. The highest BCUT2D eigenvalue weighted by Crippen LogP contribution is 2.36. The number of hydrogen-bond donors (Lipinski definition) is 0. The van der Waals surface area contributed by atoms with Crippen molar-refractivity contribution in [2.24, 2.45) is 5.41 Å². The first-order chi connectivity index (χ1) is 6.73. The first-order valence-electron chi connectivity index (χ1n) is 5.84. The molecule has 76 valence electrons. The second kappa shape index (κ2) is 3.76. The lowest BCUT2D eigenvalue weighted by molar-refractivity contribution is 0.522. The molecule has 0 heteroatoms. The fraction of sp³-hybridized carbons (Fsp3) is 0.571. The SMILES string of the molecule is CCC1(C)C=CC=C2CCCCC2=C1. The normalized spacial score (nSPS) is 31.6. The van der Waals surface area contributed by atoms with Gasteiger partial charge in [-0.05, 0) is 43.3 Å². The van der Waals surface area contributed by atoms with Gasteiger partial charge in [-0.1, -0.05) is 38.2 Å². The van der Waals surface area contributed by atoms with E-state index in [1.54, 1.807) is 11.1 Å². The van der Waals surface area contributed by atoms with E-state index in [1.807, 2.05) is 0 Å². The zero-order chi connectivity index (χ0) is 10.0. The minimum absolute atomic E-state index is 0.297. The van der Waals surface area contributed by atoms with Gasteiger partial charge in [-0.3, -0.25) is 0 Å². The molecule has 0 nitrogen and oxygen atoms in total. The molecule has 14 heavy (non-hydrogen) atoms. The van der Waals surface area contributed by atoms with Crippen molar-refractivity contribution in [2.75, 3.05) is 0 Å². The van der Waals surface area contributed by atoms with Crippen molar-refractivity contribution in [3.05, 3.63) is 35.5 Å². The Hall–Kier alpha value is -0.780. The number of allylic oxidation sites excluding steroid dienone is 6.